The van der Waals surface area contributed by atoms with Gasteiger partial charge in [-0.3, -0.25) is 86.3 Å². The van der Waals surface area contributed by atoms with Gasteiger partial charge in [0.15, 0.2) is 28.9 Å². The molecule has 0 bridgehead atoms. The van der Waals surface area contributed by atoms with Crippen LogP contribution in [0.3, 0.4) is 0 Å². The van der Waals surface area contributed by atoms with Crippen molar-refractivity contribution in [2.24, 2.45) is 35.3 Å². The number of ether oxygens (including phenoxy) is 2. The number of amides is 7. The largest absolute Gasteiger partial charge is 0.481 e. The van der Waals surface area contributed by atoms with E-state index in [1.54, 1.807) is 20.1 Å². The molecule has 1 aliphatic heterocycles. The van der Waals surface area contributed by atoms with Crippen LogP contribution in [-0.2, 0) is 95.8 Å². The minimum atomic E-state index is -1.78. The number of nitrogens with zero attached hydrogens (tertiary/aromatic N) is 1. The van der Waals surface area contributed by atoms with Crippen LogP contribution < -0.4 is 37.6 Å². The van der Waals surface area contributed by atoms with Crippen molar-refractivity contribution in [3.63, 3.8) is 0 Å². The molecule has 101 heavy (non-hydrogen) atoms. The zero-order valence-electron chi connectivity index (χ0n) is 58.8. The van der Waals surface area contributed by atoms with E-state index in [4.69, 9.17) is 15.2 Å². The number of likely N-dealkylation sites (tertiary alicyclic amines) is 1. The Hall–Kier alpha value is -8.11. The van der Waals surface area contributed by atoms with Crippen LogP contribution in [0, 0.1) is 29.6 Å². The van der Waals surface area contributed by atoms with E-state index in [1.807, 2.05) is 13.8 Å². The molecule has 1 heterocycles. The summed E-state index contributed by atoms with van der Waals surface area (Å²) in [6, 6.07) is -7.58. The standard InChI is InChI=1S/C67H106N8O25S/c1-7-99-31-27-44(76)34-41(15-22-58(84)85)64(95)72-46(18-25-61(90)91)54(80)36-43(17-24-60(88)89)66(97)73-47(19-26-62(92)93)55(81)35-42(16-23-59(86)87)65(96)71-45(12-8-9-28-68)51(77)14-11-30-100-37-57(83)75-29-10-13-50(75)67(98)74-48(32-39(2)3)52(78)20-21-56(82)70-49(38-101-6)53(79)33-40(4)63(94)69-5/h39-43,45-50H,7-38,68H2,1-6H3,(H,69,94)(H,70,82)(H,71,96)(H,72,95)(H,73,97)(H,74,98)(H,84,85)(H,86,87)(H,88,89)(H,90,91)(H,92,93)/t40-,41+,42+,43+,45-,46-,47-,48+,49+,50+/m1/s1. The summed E-state index contributed by atoms with van der Waals surface area (Å²) in [6.45, 7) is 6.94. The molecule has 33 nitrogen and oxygen atoms in total. The van der Waals surface area contributed by atoms with Crippen molar-refractivity contribution in [3.05, 3.63) is 0 Å². The van der Waals surface area contributed by atoms with E-state index in [2.05, 4.69) is 31.9 Å². The molecule has 0 saturated carbocycles. The van der Waals surface area contributed by atoms with Crippen molar-refractivity contribution in [3.8, 4) is 0 Å². The Kier molecular flexibility index (Phi) is 45.2. The van der Waals surface area contributed by atoms with Crippen LogP contribution in [0.2, 0.25) is 0 Å². The molecule has 0 unspecified atom stereocenters. The number of nitrogens with two attached hydrogens (primary N) is 1. The summed E-state index contributed by atoms with van der Waals surface area (Å²) in [5.41, 5.74) is 5.72. The minimum Gasteiger partial charge on any atom is -0.481 e. The Labute approximate surface area is 591 Å². The molecule has 1 fully saturated rings. The maximum Gasteiger partial charge on any atom is 0.303 e. The molecule has 0 aromatic rings. The number of hydrogen-bond donors (Lipinski definition) is 12. The van der Waals surface area contributed by atoms with Crippen molar-refractivity contribution < 1.29 is 121 Å². The number of aliphatic carboxylic acids is 5. The fourth-order valence-electron chi connectivity index (χ4n) is 11.1. The number of nitrogens with one attached hydrogen (secondary N) is 6. The molecule has 0 aliphatic carbocycles. The van der Waals surface area contributed by atoms with E-state index in [1.165, 1.54) is 23.7 Å². The Balaban J connectivity index is 3.29. The fourth-order valence-corrected chi connectivity index (χ4v) is 11.7. The zero-order valence-corrected chi connectivity index (χ0v) is 59.6. The average Bonchev–Trinajstić information content (AvgIpc) is 1.78. The summed E-state index contributed by atoms with van der Waals surface area (Å²) in [5.74, 6) is -21.0. The lowest BCUT2D eigenvalue weighted by Gasteiger charge is -2.27. The van der Waals surface area contributed by atoms with Crippen molar-refractivity contribution in [2.45, 2.75) is 224 Å². The summed E-state index contributed by atoms with van der Waals surface area (Å²) in [5, 5.41) is 63.0. The molecule has 7 amide bonds. The van der Waals surface area contributed by atoms with Crippen molar-refractivity contribution in [2.75, 3.05) is 58.6 Å². The molecular formula is C67H106N8O25S. The predicted octanol–water partition coefficient (Wildman–Crippen LogP) is 1.47. The number of Topliss-reactive ketones (excluding diaryl/α,β-unsaturated/α-hetero) is 6. The highest BCUT2D eigenvalue weighted by molar-refractivity contribution is 7.98. The summed E-state index contributed by atoms with van der Waals surface area (Å²) < 4.78 is 10.8. The summed E-state index contributed by atoms with van der Waals surface area (Å²) in [4.78, 5) is 236. The van der Waals surface area contributed by atoms with E-state index in [9.17, 15) is 112 Å². The van der Waals surface area contributed by atoms with E-state index in [0.29, 0.717) is 19.3 Å². The quantitative estimate of drug-likeness (QED) is 0.0384. The topological polar surface area (TPSA) is 528 Å². The third-order valence-electron chi connectivity index (χ3n) is 16.8. The number of rotatable bonds is 59. The lowest BCUT2D eigenvalue weighted by atomic mass is 9.89. The number of carbonyl (C=O) groups is 18. The van der Waals surface area contributed by atoms with E-state index < -0.39 is 238 Å². The number of carbonyl (C=O) groups excluding carboxylic acids is 13. The van der Waals surface area contributed by atoms with Gasteiger partial charge in [-0.15, -0.1) is 0 Å². The molecule has 1 aliphatic rings. The SMILES string of the molecule is CCOCCC(=O)C[C@H](CCC(=O)O)C(=O)N[C@H](CCC(=O)O)C(=O)C[C@H](CCC(=O)O)C(=O)N[C@H](CCC(=O)O)C(=O)C[C@H](CCC(=O)O)C(=O)N[C@H](CCCCN)C(=O)CCCOCC(=O)N1CCC[C@H]1C(=O)N[C@@H](CC(C)C)C(=O)CCC(=O)N[C@@H](CSC)C(=O)C[C@@H](C)C(=O)NC. The van der Waals surface area contributed by atoms with Gasteiger partial charge in [0.05, 0.1) is 36.8 Å². The summed E-state index contributed by atoms with van der Waals surface area (Å²) in [6.07, 6.45) is -6.10. The first kappa shape index (κ1) is 90.9. The molecule has 1 saturated heterocycles. The number of hydrogen-bond acceptors (Lipinski definition) is 22. The number of carboxylic acid groups (broad SMARTS) is 5. The molecular weight excluding hydrogens is 1350 g/mol. The van der Waals surface area contributed by atoms with Crippen molar-refractivity contribution >= 4 is 118 Å². The summed E-state index contributed by atoms with van der Waals surface area (Å²) in [7, 11) is 1.45. The van der Waals surface area contributed by atoms with Gasteiger partial charge in [-0.1, -0.05) is 20.8 Å². The first-order valence-corrected chi connectivity index (χ1v) is 35.7. The summed E-state index contributed by atoms with van der Waals surface area (Å²) >= 11 is 1.32. The van der Waals surface area contributed by atoms with Gasteiger partial charge in [-0.25, -0.2) is 0 Å². The van der Waals surface area contributed by atoms with Crippen LogP contribution in [0.1, 0.15) is 188 Å². The molecule has 0 spiro atoms. The predicted molar refractivity (Wildman–Crippen MR) is 362 cm³/mol. The maximum atomic E-state index is 14.3. The monoisotopic (exact) mass is 1450 g/mol. The van der Waals surface area contributed by atoms with Crippen LogP contribution in [-0.4, -0.2) is 231 Å². The highest BCUT2D eigenvalue weighted by Gasteiger charge is 2.38. The number of thioether (sulfide) groups is 1. The third kappa shape index (κ3) is 38.5. The maximum absolute atomic E-state index is 14.3. The van der Waals surface area contributed by atoms with E-state index in [-0.39, 0.29) is 120 Å². The van der Waals surface area contributed by atoms with Gasteiger partial charge in [0.2, 0.25) is 41.4 Å². The van der Waals surface area contributed by atoms with Gasteiger partial charge in [-0.2, -0.15) is 11.8 Å². The van der Waals surface area contributed by atoms with Gasteiger partial charge in [0, 0.05) is 140 Å². The second-order valence-corrected chi connectivity index (χ2v) is 26.4. The third-order valence-corrected chi connectivity index (χ3v) is 17.4. The van der Waals surface area contributed by atoms with Gasteiger partial charge < -0.3 is 77.5 Å². The lowest BCUT2D eigenvalue weighted by Crippen LogP contribution is -2.52. The van der Waals surface area contributed by atoms with Crippen LogP contribution in [0.4, 0.5) is 0 Å². The average molecular weight is 1460 g/mol. The molecule has 570 valence electrons. The first-order chi connectivity index (χ1) is 47.7. The van der Waals surface area contributed by atoms with E-state index in [0.717, 1.165) is 0 Å². The Morgan fingerprint density at radius 2 is 0.970 bits per heavy atom. The normalized spacial score (nSPS) is 15.4. The van der Waals surface area contributed by atoms with Gasteiger partial charge >= 0.3 is 29.8 Å². The Morgan fingerprint density at radius 3 is 1.44 bits per heavy atom. The number of carboxylic acids is 5. The second kappa shape index (κ2) is 50.3. The number of ketones is 6. The fraction of sp³-hybridized carbons (Fsp3) is 0.731. The first-order valence-electron chi connectivity index (χ1n) is 34.3. The van der Waals surface area contributed by atoms with Crippen molar-refractivity contribution in [1.29, 1.82) is 0 Å². The highest BCUT2D eigenvalue weighted by Crippen LogP contribution is 2.24. The Morgan fingerprint density at radius 1 is 0.495 bits per heavy atom. The minimum absolute atomic E-state index is 0.00430. The van der Waals surface area contributed by atoms with Crippen LogP contribution in [0.5, 0.6) is 0 Å². The van der Waals surface area contributed by atoms with Crippen molar-refractivity contribution in [1.82, 2.24) is 36.8 Å². The molecule has 0 aromatic heterocycles. The molecule has 10 atom stereocenters. The van der Waals surface area contributed by atoms with Gasteiger partial charge in [-0.05, 0) is 103 Å². The lowest BCUT2D eigenvalue weighted by molar-refractivity contribution is -0.142. The Bertz CT molecular complexity index is 2840. The van der Waals surface area contributed by atoms with E-state index >= 15 is 0 Å². The second-order valence-electron chi connectivity index (χ2n) is 25.5. The molecule has 0 aromatic carbocycles. The van der Waals surface area contributed by atoms with Crippen LogP contribution in [0.15, 0.2) is 0 Å². The zero-order chi connectivity index (χ0) is 76.3. The van der Waals surface area contributed by atoms with Gasteiger partial charge in [0.1, 0.15) is 18.4 Å². The molecule has 13 N–H and O–H groups in total. The highest BCUT2D eigenvalue weighted by atomic mass is 32.2. The number of unbranched alkanes of at least 4 members (excludes halogenated alkanes) is 1. The smallest absolute Gasteiger partial charge is 0.303 e. The van der Waals surface area contributed by atoms with Gasteiger partial charge in [0.25, 0.3) is 0 Å². The molecule has 34 heteroatoms. The van der Waals surface area contributed by atoms with Crippen LogP contribution in [0.25, 0.3) is 0 Å². The van der Waals surface area contributed by atoms with Crippen LogP contribution >= 0.6 is 11.8 Å². The molecule has 1 rings (SSSR count). The molecule has 0 radical (unpaired) electrons.